The van der Waals surface area contributed by atoms with Gasteiger partial charge in [-0.3, -0.25) is 9.59 Å². The summed E-state index contributed by atoms with van der Waals surface area (Å²) in [5.74, 6) is -0.00776. The molecule has 0 spiro atoms. The number of aromatic nitrogens is 4. The van der Waals surface area contributed by atoms with Crippen LogP contribution in [0, 0.1) is 0 Å². The number of rotatable bonds is 11. The maximum absolute atomic E-state index is 12.1. The van der Waals surface area contributed by atoms with Crippen LogP contribution in [0.25, 0.3) is 0 Å². The Hall–Kier alpha value is -2.64. The second kappa shape index (κ2) is 10.4. The van der Waals surface area contributed by atoms with Gasteiger partial charge < -0.3 is 19.8 Å². The molecular weight excluding hydrogens is 332 g/mol. The Morgan fingerprint density at radius 2 is 1.27 bits per heavy atom. The fourth-order valence-corrected chi connectivity index (χ4v) is 2.77. The molecule has 2 N–H and O–H groups in total. The molecule has 142 valence electrons. The molecule has 8 heteroatoms. The molecule has 0 radical (unpaired) electrons. The van der Waals surface area contributed by atoms with E-state index in [-0.39, 0.29) is 24.1 Å². The molecular formula is C18H28N6O2. The molecule has 0 fully saturated rings. The van der Waals surface area contributed by atoms with Crippen molar-refractivity contribution < 1.29 is 9.59 Å². The molecule has 8 nitrogen and oxygen atoms in total. The van der Waals surface area contributed by atoms with Crippen LogP contribution >= 0.6 is 0 Å². The highest BCUT2D eigenvalue weighted by Crippen LogP contribution is 2.10. The molecule has 26 heavy (non-hydrogen) atoms. The molecule has 0 aliphatic carbocycles. The highest BCUT2D eigenvalue weighted by molar-refractivity contribution is 5.77. The third kappa shape index (κ3) is 6.02. The average Bonchev–Trinajstić information content (AvgIpc) is 3.35. The number of nitrogens with zero attached hydrogens (tertiary/aromatic N) is 4. The third-order valence-corrected chi connectivity index (χ3v) is 4.26. The van der Waals surface area contributed by atoms with Crippen molar-refractivity contribution in [2.45, 2.75) is 64.7 Å². The van der Waals surface area contributed by atoms with Crippen molar-refractivity contribution in [3.05, 3.63) is 37.4 Å². The van der Waals surface area contributed by atoms with Gasteiger partial charge in [0.1, 0.15) is 12.3 Å². The van der Waals surface area contributed by atoms with Crippen LogP contribution in [-0.4, -0.2) is 30.9 Å². The SMILES string of the molecule is CCC(NC(=O)CCCCC(=O)NC(CC)n1ccnc1)n1ccnc1. The second-order valence-electron chi connectivity index (χ2n) is 6.21. The Kier molecular flexibility index (Phi) is 7.85. The smallest absolute Gasteiger partial charge is 0.221 e. The Bertz CT molecular complexity index is 595. The lowest BCUT2D eigenvalue weighted by Crippen LogP contribution is -2.32. The number of imidazole rings is 2. The van der Waals surface area contributed by atoms with Crippen molar-refractivity contribution in [2.24, 2.45) is 0 Å². The summed E-state index contributed by atoms with van der Waals surface area (Å²) in [5.41, 5.74) is 0. The summed E-state index contributed by atoms with van der Waals surface area (Å²) >= 11 is 0. The first-order valence-corrected chi connectivity index (χ1v) is 9.17. The van der Waals surface area contributed by atoms with E-state index in [1.807, 2.05) is 35.4 Å². The minimum Gasteiger partial charge on any atom is -0.336 e. The Balaban J connectivity index is 1.64. The van der Waals surface area contributed by atoms with Crippen LogP contribution in [0.4, 0.5) is 0 Å². The van der Waals surface area contributed by atoms with E-state index in [0.717, 1.165) is 12.8 Å². The van der Waals surface area contributed by atoms with E-state index >= 15 is 0 Å². The minimum absolute atomic E-state index is 0.00388. The number of hydrogen-bond acceptors (Lipinski definition) is 4. The standard InChI is InChI=1S/C18H28N6O2/c1-3-15(23-11-9-19-13-23)21-17(25)7-5-6-8-18(26)22-16(4-2)24-12-10-20-14-24/h9-16H,3-8H2,1-2H3,(H,21,25)(H,22,26). The Morgan fingerprint density at radius 1 is 0.846 bits per heavy atom. The second-order valence-corrected chi connectivity index (χ2v) is 6.21. The number of hydrogen-bond donors (Lipinski definition) is 2. The van der Waals surface area contributed by atoms with Crippen LogP contribution in [0.5, 0.6) is 0 Å². The van der Waals surface area contributed by atoms with E-state index in [4.69, 9.17) is 0 Å². The van der Waals surface area contributed by atoms with Gasteiger partial charge in [-0.2, -0.15) is 0 Å². The maximum Gasteiger partial charge on any atom is 0.221 e. The van der Waals surface area contributed by atoms with E-state index in [1.54, 1.807) is 25.0 Å². The molecule has 0 saturated carbocycles. The highest BCUT2D eigenvalue weighted by atomic mass is 16.2. The van der Waals surface area contributed by atoms with Gasteiger partial charge in [0.05, 0.1) is 12.7 Å². The van der Waals surface area contributed by atoms with Crippen molar-refractivity contribution >= 4 is 11.8 Å². The quantitative estimate of drug-likeness (QED) is 0.602. The molecule has 2 amide bonds. The molecule has 2 heterocycles. The lowest BCUT2D eigenvalue weighted by Gasteiger charge is -2.19. The zero-order valence-corrected chi connectivity index (χ0v) is 15.5. The summed E-state index contributed by atoms with van der Waals surface area (Å²) in [6, 6.07) is 0. The molecule has 0 aliphatic rings. The van der Waals surface area contributed by atoms with Gasteiger partial charge >= 0.3 is 0 Å². The largest absolute Gasteiger partial charge is 0.336 e. The summed E-state index contributed by atoms with van der Waals surface area (Å²) in [5, 5.41) is 5.98. The van der Waals surface area contributed by atoms with Gasteiger partial charge in [-0.1, -0.05) is 13.8 Å². The molecule has 0 bridgehead atoms. The van der Waals surface area contributed by atoms with Crippen LogP contribution in [0.1, 0.15) is 64.7 Å². The van der Waals surface area contributed by atoms with E-state index < -0.39 is 0 Å². The maximum atomic E-state index is 12.1. The normalized spacial score (nSPS) is 13.2. The summed E-state index contributed by atoms with van der Waals surface area (Å²) in [6.07, 6.45) is 14.1. The lowest BCUT2D eigenvalue weighted by atomic mass is 10.1. The molecule has 2 aromatic rings. The summed E-state index contributed by atoms with van der Waals surface area (Å²) in [6.45, 7) is 4.03. The van der Waals surface area contributed by atoms with Gasteiger partial charge in [0.2, 0.25) is 11.8 Å². The van der Waals surface area contributed by atoms with Crippen molar-refractivity contribution in [3.8, 4) is 0 Å². The van der Waals surface area contributed by atoms with Gasteiger partial charge in [-0.05, 0) is 25.7 Å². The molecule has 2 atom stereocenters. The summed E-state index contributed by atoms with van der Waals surface area (Å²) in [7, 11) is 0. The monoisotopic (exact) mass is 360 g/mol. The number of amides is 2. The van der Waals surface area contributed by atoms with Crippen LogP contribution in [0.3, 0.4) is 0 Å². The molecule has 0 saturated heterocycles. The first kappa shape index (κ1) is 19.7. The number of unbranched alkanes of at least 4 members (excludes halogenated alkanes) is 1. The number of carbonyl (C=O) groups is 2. The number of carbonyl (C=O) groups excluding carboxylic acids is 2. The molecule has 2 unspecified atom stereocenters. The molecule has 2 rings (SSSR count). The minimum atomic E-state index is -0.0752. The van der Waals surface area contributed by atoms with Crippen LogP contribution < -0.4 is 10.6 Å². The van der Waals surface area contributed by atoms with Gasteiger partial charge in [0, 0.05) is 37.6 Å². The van der Waals surface area contributed by atoms with E-state index in [0.29, 0.717) is 25.7 Å². The van der Waals surface area contributed by atoms with Crippen LogP contribution in [-0.2, 0) is 9.59 Å². The number of nitrogens with one attached hydrogen (secondary N) is 2. The van der Waals surface area contributed by atoms with Crippen molar-refractivity contribution in [2.75, 3.05) is 0 Å². The van der Waals surface area contributed by atoms with Gasteiger partial charge in [-0.15, -0.1) is 0 Å². The summed E-state index contributed by atoms with van der Waals surface area (Å²) in [4.78, 5) is 32.2. The molecule has 0 aromatic carbocycles. The Labute approximate surface area is 154 Å². The fraction of sp³-hybridized carbons (Fsp3) is 0.556. The Morgan fingerprint density at radius 3 is 1.58 bits per heavy atom. The van der Waals surface area contributed by atoms with Crippen molar-refractivity contribution in [3.63, 3.8) is 0 Å². The predicted molar refractivity (Wildman–Crippen MR) is 97.9 cm³/mol. The van der Waals surface area contributed by atoms with Crippen molar-refractivity contribution in [1.29, 1.82) is 0 Å². The van der Waals surface area contributed by atoms with Crippen molar-refractivity contribution in [1.82, 2.24) is 29.7 Å². The van der Waals surface area contributed by atoms with E-state index in [2.05, 4.69) is 20.6 Å². The van der Waals surface area contributed by atoms with Gasteiger partial charge in [0.15, 0.2) is 0 Å². The van der Waals surface area contributed by atoms with Gasteiger partial charge in [-0.25, -0.2) is 9.97 Å². The van der Waals surface area contributed by atoms with Gasteiger partial charge in [0.25, 0.3) is 0 Å². The van der Waals surface area contributed by atoms with Crippen LogP contribution in [0.15, 0.2) is 37.4 Å². The predicted octanol–water partition coefficient (Wildman–Crippen LogP) is 2.39. The average molecular weight is 360 g/mol. The third-order valence-electron chi connectivity index (χ3n) is 4.26. The first-order valence-electron chi connectivity index (χ1n) is 9.17. The van der Waals surface area contributed by atoms with E-state index in [9.17, 15) is 9.59 Å². The lowest BCUT2D eigenvalue weighted by molar-refractivity contribution is -0.124. The van der Waals surface area contributed by atoms with Crippen LogP contribution in [0.2, 0.25) is 0 Å². The zero-order valence-electron chi connectivity index (χ0n) is 15.5. The fourth-order valence-electron chi connectivity index (χ4n) is 2.77. The van der Waals surface area contributed by atoms with E-state index in [1.165, 1.54) is 0 Å². The molecule has 0 aliphatic heterocycles. The topological polar surface area (TPSA) is 93.8 Å². The summed E-state index contributed by atoms with van der Waals surface area (Å²) < 4.78 is 3.76. The first-order chi connectivity index (χ1) is 12.6. The molecule has 2 aromatic heterocycles. The zero-order chi connectivity index (χ0) is 18.8. The highest BCUT2D eigenvalue weighted by Gasteiger charge is 2.13.